The molecule has 1 aromatic rings. The van der Waals surface area contributed by atoms with Crippen LogP contribution in [0.2, 0.25) is 0 Å². The van der Waals surface area contributed by atoms with Gasteiger partial charge in [-0.15, -0.1) is 11.3 Å². The Kier molecular flexibility index (Phi) is 4.79. The third-order valence-electron chi connectivity index (χ3n) is 3.76. The Hall–Kier alpha value is -1.67. The number of thiazole rings is 1. The van der Waals surface area contributed by atoms with Crippen molar-refractivity contribution in [2.75, 3.05) is 13.2 Å². The summed E-state index contributed by atoms with van der Waals surface area (Å²) in [4.78, 5) is 29.0. The van der Waals surface area contributed by atoms with Gasteiger partial charge in [0, 0.05) is 6.54 Å². The van der Waals surface area contributed by atoms with Gasteiger partial charge < -0.3 is 20.4 Å². The summed E-state index contributed by atoms with van der Waals surface area (Å²) in [5, 5.41) is 21.6. The highest BCUT2D eigenvalue weighted by Gasteiger charge is 2.33. The monoisotopic (exact) mass is 313 g/mol. The van der Waals surface area contributed by atoms with Crippen LogP contribution in [0.3, 0.4) is 0 Å². The van der Waals surface area contributed by atoms with Crippen molar-refractivity contribution in [1.29, 1.82) is 0 Å². The summed E-state index contributed by atoms with van der Waals surface area (Å²) in [5.41, 5.74) is 0.458. The van der Waals surface area contributed by atoms with Crippen LogP contribution in [0, 0.1) is 12.8 Å². The van der Waals surface area contributed by atoms with E-state index < -0.39 is 5.97 Å². The number of carbonyl (C=O) groups is 2. The summed E-state index contributed by atoms with van der Waals surface area (Å²) in [7, 11) is 0. The smallest absolute Gasteiger partial charge is 0.347 e. The van der Waals surface area contributed by atoms with E-state index in [0.29, 0.717) is 17.2 Å². The summed E-state index contributed by atoms with van der Waals surface area (Å²) < 4.78 is 0. The van der Waals surface area contributed by atoms with Gasteiger partial charge in [-0.25, -0.2) is 14.6 Å². The molecule has 2 amide bonds. The fourth-order valence-electron chi connectivity index (χ4n) is 2.52. The van der Waals surface area contributed by atoms with E-state index in [2.05, 4.69) is 10.3 Å². The molecular weight excluding hydrogens is 294 g/mol. The highest BCUT2D eigenvalue weighted by Crippen LogP contribution is 2.23. The fourth-order valence-corrected chi connectivity index (χ4v) is 3.36. The third-order valence-corrected chi connectivity index (χ3v) is 4.90. The highest BCUT2D eigenvalue weighted by molar-refractivity contribution is 7.13. The van der Waals surface area contributed by atoms with Crippen molar-refractivity contribution in [1.82, 2.24) is 15.2 Å². The van der Waals surface area contributed by atoms with Gasteiger partial charge in [-0.05, 0) is 19.3 Å². The van der Waals surface area contributed by atoms with Crippen LogP contribution in [0.4, 0.5) is 4.79 Å². The van der Waals surface area contributed by atoms with E-state index >= 15 is 0 Å². The van der Waals surface area contributed by atoms with E-state index in [-0.39, 0.29) is 36.0 Å². The largest absolute Gasteiger partial charge is 0.477 e. The van der Waals surface area contributed by atoms with Crippen molar-refractivity contribution in [3.63, 3.8) is 0 Å². The number of aliphatic hydroxyl groups is 1. The number of rotatable bonds is 4. The van der Waals surface area contributed by atoms with Gasteiger partial charge in [-0.3, -0.25) is 0 Å². The van der Waals surface area contributed by atoms with Crippen LogP contribution in [0.5, 0.6) is 0 Å². The lowest BCUT2D eigenvalue weighted by Crippen LogP contribution is -2.45. The van der Waals surface area contributed by atoms with Gasteiger partial charge in [0.1, 0.15) is 9.88 Å². The average molecular weight is 313 g/mol. The summed E-state index contributed by atoms with van der Waals surface area (Å²) in [6.07, 6.45) is 0.873. The summed E-state index contributed by atoms with van der Waals surface area (Å²) in [6.45, 7) is 4.41. The van der Waals surface area contributed by atoms with E-state index in [9.17, 15) is 14.7 Å². The molecule has 0 spiro atoms. The lowest BCUT2D eigenvalue weighted by atomic mass is 10.0. The predicted octanol–water partition coefficient (Wildman–Crippen LogP) is 1.06. The van der Waals surface area contributed by atoms with Crippen molar-refractivity contribution >= 4 is 23.3 Å². The number of carboxylic acids is 1. The van der Waals surface area contributed by atoms with Crippen molar-refractivity contribution in [2.24, 2.45) is 5.92 Å². The molecule has 1 fully saturated rings. The van der Waals surface area contributed by atoms with Gasteiger partial charge in [0.2, 0.25) is 0 Å². The predicted molar refractivity (Wildman–Crippen MR) is 77.4 cm³/mol. The van der Waals surface area contributed by atoms with Crippen LogP contribution >= 0.6 is 11.3 Å². The number of likely N-dealkylation sites (tertiary alicyclic amines) is 1. The quantitative estimate of drug-likeness (QED) is 0.771. The van der Waals surface area contributed by atoms with Crippen LogP contribution in [0.15, 0.2) is 0 Å². The first kappa shape index (κ1) is 15.7. The maximum absolute atomic E-state index is 12.1. The summed E-state index contributed by atoms with van der Waals surface area (Å²) >= 11 is 1.07. The number of hydrogen-bond donors (Lipinski definition) is 3. The molecule has 1 aliphatic rings. The highest BCUT2D eigenvalue weighted by atomic mass is 32.1. The third kappa shape index (κ3) is 3.33. The van der Waals surface area contributed by atoms with Crippen molar-refractivity contribution < 1.29 is 19.8 Å². The Labute approximate surface area is 126 Å². The van der Waals surface area contributed by atoms with Gasteiger partial charge in [-0.2, -0.15) is 0 Å². The van der Waals surface area contributed by atoms with E-state index in [1.54, 1.807) is 11.8 Å². The Morgan fingerprint density at radius 1 is 1.52 bits per heavy atom. The Bertz CT molecular complexity index is 546. The topological polar surface area (TPSA) is 103 Å². The molecule has 0 aliphatic carbocycles. The van der Waals surface area contributed by atoms with Crippen molar-refractivity contribution in [3.05, 3.63) is 15.6 Å². The first-order valence-electron chi connectivity index (χ1n) is 6.79. The molecule has 1 aliphatic heterocycles. The number of amides is 2. The molecule has 3 N–H and O–H groups in total. The number of hydrogen-bond acceptors (Lipinski definition) is 5. The van der Waals surface area contributed by atoms with Crippen molar-refractivity contribution in [2.45, 2.75) is 32.9 Å². The summed E-state index contributed by atoms with van der Waals surface area (Å²) in [5.74, 6) is -0.724. The number of aromatic nitrogens is 1. The van der Waals surface area contributed by atoms with E-state index in [4.69, 9.17) is 5.11 Å². The van der Waals surface area contributed by atoms with Gasteiger partial charge >= 0.3 is 12.0 Å². The van der Waals surface area contributed by atoms with Crippen molar-refractivity contribution in [3.8, 4) is 0 Å². The molecule has 2 heterocycles. The van der Waals surface area contributed by atoms with E-state index in [1.165, 1.54) is 0 Å². The second kappa shape index (κ2) is 6.40. The van der Waals surface area contributed by atoms with Gasteiger partial charge in [0.15, 0.2) is 0 Å². The Balaban J connectivity index is 1.95. The second-order valence-corrected chi connectivity index (χ2v) is 6.28. The lowest BCUT2D eigenvalue weighted by molar-refractivity contribution is 0.0701. The number of aromatic carboxylic acids is 1. The molecule has 116 valence electrons. The Morgan fingerprint density at radius 3 is 2.81 bits per heavy atom. The molecule has 8 heteroatoms. The zero-order valence-electron chi connectivity index (χ0n) is 12.0. The number of nitrogens with one attached hydrogen (secondary N) is 1. The molecule has 1 aromatic heterocycles. The molecular formula is C13H19N3O4S. The number of carboxylic acid groups (broad SMARTS) is 1. The Morgan fingerprint density at radius 2 is 2.24 bits per heavy atom. The SMILES string of the molecule is Cc1nc(CNC(=O)N2CCC(C)C2CO)sc1C(=O)O. The number of carbonyl (C=O) groups excluding carboxylic acids is 1. The minimum atomic E-state index is -1.00. The molecule has 21 heavy (non-hydrogen) atoms. The maximum atomic E-state index is 12.1. The molecule has 2 atom stereocenters. The first-order chi connectivity index (χ1) is 9.93. The molecule has 0 aromatic carbocycles. The fraction of sp³-hybridized carbons (Fsp3) is 0.615. The average Bonchev–Trinajstić information content (AvgIpc) is 2.99. The second-order valence-electron chi connectivity index (χ2n) is 5.20. The van der Waals surface area contributed by atoms with E-state index in [1.807, 2.05) is 6.92 Å². The standard InChI is InChI=1S/C13H19N3O4S/c1-7-3-4-16(9(7)6-17)13(20)14-5-10-15-8(2)11(21-10)12(18)19/h7,9,17H,3-6H2,1-2H3,(H,14,20)(H,18,19). The molecule has 2 unspecified atom stereocenters. The number of urea groups is 1. The minimum absolute atomic E-state index is 0.0475. The van der Waals surface area contributed by atoms with Crippen LogP contribution in [0.1, 0.15) is 33.7 Å². The molecule has 0 saturated carbocycles. The molecule has 7 nitrogen and oxygen atoms in total. The van der Waals surface area contributed by atoms with E-state index in [0.717, 1.165) is 17.8 Å². The summed E-state index contributed by atoms with van der Waals surface area (Å²) in [6, 6.07) is -0.402. The molecule has 1 saturated heterocycles. The zero-order chi connectivity index (χ0) is 15.6. The van der Waals surface area contributed by atoms with Gasteiger partial charge in [0.05, 0.1) is 24.9 Å². The van der Waals surface area contributed by atoms with Crippen LogP contribution < -0.4 is 5.32 Å². The van der Waals surface area contributed by atoms with Gasteiger partial charge in [-0.1, -0.05) is 6.92 Å². The number of nitrogens with zero attached hydrogens (tertiary/aromatic N) is 2. The lowest BCUT2D eigenvalue weighted by Gasteiger charge is -2.25. The minimum Gasteiger partial charge on any atom is -0.477 e. The van der Waals surface area contributed by atoms with Crippen LogP contribution in [-0.2, 0) is 6.54 Å². The molecule has 0 bridgehead atoms. The van der Waals surface area contributed by atoms with Gasteiger partial charge in [0.25, 0.3) is 0 Å². The molecule has 2 rings (SSSR count). The number of aliphatic hydroxyl groups excluding tert-OH is 1. The first-order valence-corrected chi connectivity index (χ1v) is 7.60. The van der Waals surface area contributed by atoms with Crippen LogP contribution in [-0.4, -0.2) is 51.3 Å². The maximum Gasteiger partial charge on any atom is 0.347 e. The normalized spacial score (nSPS) is 21.6. The molecule has 0 radical (unpaired) electrons. The number of aryl methyl sites for hydroxylation is 1. The zero-order valence-corrected chi connectivity index (χ0v) is 12.8. The van der Waals surface area contributed by atoms with Crippen LogP contribution in [0.25, 0.3) is 0 Å².